The molecule has 0 aliphatic heterocycles. The van der Waals surface area contributed by atoms with Crippen molar-refractivity contribution in [3.8, 4) is 28.3 Å². The third-order valence-corrected chi connectivity index (χ3v) is 7.35. The van der Waals surface area contributed by atoms with Gasteiger partial charge in [0.25, 0.3) is 5.56 Å². The van der Waals surface area contributed by atoms with Gasteiger partial charge in [-0.05, 0) is 47.9 Å². The van der Waals surface area contributed by atoms with E-state index in [1.165, 1.54) is 11.3 Å². The van der Waals surface area contributed by atoms with E-state index in [0.717, 1.165) is 33.8 Å². The van der Waals surface area contributed by atoms with Crippen LogP contribution in [0, 0.1) is 6.92 Å². The van der Waals surface area contributed by atoms with Gasteiger partial charge in [0.05, 0.1) is 23.9 Å². The van der Waals surface area contributed by atoms with Crippen LogP contribution in [0.3, 0.4) is 0 Å². The molecule has 6 rings (SSSR count). The lowest BCUT2D eigenvalue weighted by Crippen LogP contribution is -2.19. The minimum atomic E-state index is -0.193. The lowest BCUT2D eigenvalue weighted by Gasteiger charge is -2.07. The summed E-state index contributed by atoms with van der Waals surface area (Å²) in [6.45, 7) is 1.89. The monoisotopic (exact) mass is 531 g/mol. The molecule has 0 bridgehead atoms. The van der Waals surface area contributed by atoms with Crippen LogP contribution in [0.1, 0.15) is 11.3 Å². The highest BCUT2D eigenvalue weighted by atomic mass is 32.1. The Labute approximate surface area is 228 Å². The molecule has 6 aromatic rings. The van der Waals surface area contributed by atoms with Crippen LogP contribution in [0.4, 0.5) is 5.69 Å². The molecule has 0 saturated heterocycles. The van der Waals surface area contributed by atoms with Gasteiger partial charge in [0.2, 0.25) is 4.80 Å². The highest BCUT2D eigenvalue weighted by Crippen LogP contribution is 2.23. The van der Waals surface area contributed by atoms with Crippen molar-refractivity contribution in [1.29, 1.82) is 0 Å². The largest absolute Gasteiger partial charge is 0.463 e. The number of aromatic nitrogens is 3. The summed E-state index contributed by atoms with van der Waals surface area (Å²) in [5, 5.41) is 6.70. The van der Waals surface area contributed by atoms with E-state index in [2.05, 4.69) is 24.3 Å². The Hall–Kier alpha value is -4.95. The SMILES string of the molecule is Cc1c(N=c2scc(-c3ccco3)n2N=Cc2ccc(-c3ccccc3)cc2)c(=O)n(-c2ccccc2)n1C. The first-order valence-corrected chi connectivity index (χ1v) is 13.3. The Balaban J connectivity index is 1.43. The maximum Gasteiger partial charge on any atom is 0.297 e. The van der Waals surface area contributed by atoms with E-state index in [0.29, 0.717) is 16.2 Å². The fourth-order valence-corrected chi connectivity index (χ4v) is 5.20. The molecule has 0 amide bonds. The Morgan fingerprint density at radius 1 is 0.846 bits per heavy atom. The average Bonchev–Trinajstić information content (AvgIpc) is 3.70. The third kappa shape index (κ3) is 4.73. The van der Waals surface area contributed by atoms with Gasteiger partial charge in [-0.2, -0.15) is 5.10 Å². The zero-order valence-electron chi connectivity index (χ0n) is 21.4. The Morgan fingerprint density at radius 3 is 2.23 bits per heavy atom. The summed E-state index contributed by atoms with van der Waals surface area (Å²) < 4.78 is 10.8. The maximum atomic E-state index is 13.5. The fourth-order valence-electron chi connectivity index (χ4n) is 4.38. The third-order valence-electron chi connectivity index (χ3n) is 6.53. The second-order valence-corrected chi connectivity index (χ2v) is 9.78. The summed E-state index contributed by atoms with van der Waals surface area (Å²) in [5.41, 5.74) is 5.69. The van der Waals surface area contributed by atoms with E-state index in [4.69, 9.17) is 14.5 Å². The van der Waals surface area contributed by atoms with Gasteiger partial charge < -0.3 is 4.42 Å². The van der Waals surface area contributed by atoms with E-state index in [1.807, 2.05) is 96.8 Å². The smallest absolute Gasteiger partial charge is 0.297 e. The molecule has 0 atom stereocenters. The van der Waals surface area contributed by atoms with Crippen LogP contribution in [0.2, 0.25) is 0 Å². The van der Waals surface area contributed by atoms with Crippen molar-refractivity contribution in [2.45, 2.75) is 6.92 Å². The number of benzene rings is 3. The molecule has 3 aromatic heterocycles. The van der Waals surface area contributed by atoms with E-state index >= 15 is 0 Å². The van der Waals surface area contributed by atoms with Crippen LogP contribution in [-0.4, -0.2) is 20.3 Å². The summed E-state index contributed by atoms with van der Waals surface area (Å²) in [6, 6.07) is 31.7. The lowest BCUT2D eigenvalue weighted by molar-refractivity contribution is 0.575. The molecule has 0 aliphatic carbocycles. The molecule has 0 radical (unpaired) electrons. The van der Waals surface area contributed by atoms with Crippen molar-refractivity contribution in [2.75, 3.05) is 0 Å². The molecule has 0 unspecified atom stereocenters. The zero-order chi connectivity index (χ0) is 26.8. The second kappa shape index (κ2) is 10.4. The maximum absolute atomic E-state index is 13.5. The standard InChI is InChI=1S/C31H25N5O2S/c1-22-29(30(37)36(34(22)2)26-12-7-4-8-13-26)33-31-35(27(21-39-31)28-14-9-19-38-28)32-20-23-15-17-25(18-16-23)24-10-5-3-6-11-24/h3-21H,1-2H3. The number of para-hydroxylation sites is 1. The molecule has 7 nitrogen and oxygen atoms in total. The van der Waals surface area contributed by atoms with Crippen molar-refractivity contribution in [2.24, 2.45) is 17.1 Å². The predicted molar refractivity (Wildman–Crippen MR) is 156 cm³/mol. The van der Waals surface area contributed by atoms with Crippen LogP contribution >= 0.6 is 11.3 Å². The summed E-state index contributed by atoms with van der Waals surface area (Å²) in [5.74, 6) is 0.663. The molecule has 192 valence electrons. The van der Waals surface area contributed by atoms with Gasteiger partial charge in [-0.25, -0.2) is 14.4 Å². The molecule has 0 aliphatic rings. The average molecular weight is 532 g/mol. The van der Waals surface area contributed by atoms with E-state index in [-0.39, 0.29) is 5.56 Å². The van der Waals surface area contributed by atoms with Crippen LogP contribution in [0.25, 0.3) is 28.3 Å². The first-order valence-electron chi connectivity index (χ1n) is 12.4. The van der Waals surface area contributed by atoms with Crippen molar-refractivity contribution in [1.82, 2.24) is 14.0 Å². The number of furan rings is 1. The van der Waals surface area contributed by atoms with Crippen molar-refractivity contribution < 1.29 is 4.42 Å². The molecular weight excluding hydrogens is 506 g/mol. The summed E-state index contributed by atoms with van der Waals surface area (Å²) >= 11 is 1.40. The normalized spacial score (nSPS) is 12.0. The van der Waals surface area contributed by atoms with E-state index in [1.54, 1.807) is 21.8 Å². The number of hydrogen-bond acceptors (Lipinski definition) is 5. The van der Waals surface area contributed by atoms with Crippen LogP contribution in [0.5, 0.6) is 0 Å². The Morgan fingerprint density at radius 2 is 1.54 bits per heavy atom. The highest BCUT2D eigenvalue weighted by molar-refractivity contribution is 7.07. The number of hydrogen-bond donors (Lipinski definition) is 0. The first-order chi connectivity index (χ1) is 19.1. The second-order valence-electron chi connectivity index (χ2n) is 8.95. The number of thiazole rings is 1. The van der Waals surface area contributed by atoms with Crippen LogP contribution in [-0.2, 0) is 7.05 Å². The summed E-state index contributed by atoms with van der Waals surface area (Å²) in [7, 11) is 1.86. The quantitative estimate of drug-likeness (QED) is 0.234. The first kappa shape index (κ1) is 24.4. The zero-order valence-corrected chi connectivity index (χ0v) is 22.2. The Bertz CT molecular complexity index is 1870. The summed E-state index contributed by atoms with van der Waals surface area (Å²) in [6.07, 6.45) is 3.41. The predicted octanol–water partition coefficient (Wildman–Crippen LogP) is 6.39. The van der Waals surface area contributed by atoms with E-state index in [9.17, 15) is 4.79 Å². The topological polar surface area (TPSA) is 69.7 Å². The lowest BCUT2D eigenvalue weighted by atomic mass is 10.0. The van der Waals surface area contributed by atoms with Crippen molar-refractivity contribution >= 4 is 23.2 Å². The summed E-state index contributed by atoms with van der Waals surface area (Å²) in [4.78, 5) is 18.9. The molecule has 3 aromatic carbocycles. The van der Waals surface area contributed by atoms with Gasteiger partial charge >= 0.3 is 0 Å². The number of nitrogens with zero attached hydrogens (tertiary/aromatic N) is 5. The Kier molecular flexibility index (Phi) is 6.52. The molecule has 8 heteroatoms. The van der Waals surface area contributed by atoms with Gasteiger partial charge in [-0.1, -0.05) is 72.8 Å². The minimum absolute atomic E-state index is 0.193. The van der Waals surface area contributed by atoms with Gasteiger partial charge in [0.1, 0.15) is 5.69 Å². The molecule has 0 N–H and O–H groups in total. The molecule has 0 spiro atoms. The van der Waals surface area contributed by atoms with Crippen LogP contribution < -0.4 is 10.4 Å². The van der Waals surface area contributed by atoms with E-state index < -0.39 is 0 Å². The fraction of sp³-hybridized carbons (Fsp3) is 0.0645. The van der Waals surface area contributed by atoms with Gasteiger partial charge in [0, 0.05) is 12.4 Å². The van der Waals surface area contributed by atoms with Gasteiger partial charge in [-0.3, -0.25) is 9.48 Å². The van der Waals surface area contributed by atoms with Crippen LogP contribution in [0.15, 0.2) is 128 Å². The van der Waals surface area contributed by atoms with Gasteiger partial charge in [0.15, 0.2) is 11.4 Å². The minimum Gasteiger partial charge on any atom is -0.463 e. The molecule has 39 heavy (non-hydrogen) atoms. The number of rotatable bonds is 6. The molecular formula is C31H25N5O2S. The molecule has 0 saturated carbocycles. The van der Waals surface area contributed by atoms with Crippen molar-refractivity contribution in [3.63, 3.8) is 0 Å². The van der Waals surface area contributed by atoms with Gasteiger partial charge in [-0.15, -0.1) is 11.3 Å². The molecule has 0 fully saturated rings. The van der Waals surface area contributed by atoms with Crippen molar-refractivity contribution in [3.05, 3.63) is 135 Å². The highest BCUT2D eigenvalue weighted by Gasteiger charge is 2.17. The molecule has 3 heterocycles.